The molecule has 2 rings (SSSR count). The van der Waals surface area contributed by atoms with Gasteiger partial charge >= 0.3 is 11.6 Å². The lowest BCUT2D eigenvalue weighted by Gasteiger charge is -2.15. The van der Waals surface area contributed by atoms with E-state index < -0.39 is 17.6 Å². The Morgan fingerprint density at radius 1 is 1.33 bits per heavy atom. The molecule has 0 aliphatic rings. The molecule has 2 aromatic rings. The molecule has 0 radical (unpaired) electrons. The molecule has 0 fully saturated rings. The Kier molecular flexibility index (Phi) is 7.29. The van der Waals surface area contributed by atoms with Gasteiger partial charge in [0.25, 0.3) is 0 Å². The number of aliphatic carboxylic acids is 1. The van der Waals surface area contributed by atoms with Gasteiger partial charge in [-0.15, -0.1) is 0 Å². The molecule has 146 valence electrons. The Morgan fingerprint density at radius 2 is 2.07 bits per heavy atom. The van der Waals surface area contributed by atoms with Crippen LogP contribution in [0.3, 0.4) is 0 Å². The van der Waals surface area contributed by atoms with Crippen molar-refractivity contribution >= 4 is 34.6 Å². The molecular formula is C19H23NO6S. The highest BCUT2D eigenvalue weighted by atomic mass is 32.2. The maximum absolute atomic E-state index is 12.2. The lowest BCUT2D eigenvalue weighted by atomic mass is 10.0. The summed E-state index contributed by atoms with van der Waals surface area (Å²) in [5, 5.41) is 12.5. The number of aryl methyl sites for hydroxylation is 2. The zero-order valence-corrected chi connectivity index (χ0v) is 16.4. The van der Waals surface area contributed by atoms with Crippen molar-refractivity contribution in [3.05, 3.63) is 39.7 Å². The van der Waals surface area contributed by atoms with Gasteiger partial charge in [-0.05, 0) is 49.0 Å². The Bertz CT molecular complexity index is 892. The molecule has 27 heavy (non-hydrogen) atoms. The van der Waals surface area contributed by atoms with Crippen LogP contribution < -0.4 is 15.7 Å². The molecule has 1 aromatic heterocycles. The number of fused-ring (bicyclic) bond motifs is 1. The topological polar surface area (TPSA) is 106 Å². The van der Waals surface area contributed by atoms with E-state index in [0.717, 1.165) is 16.5 Å². The third kappa shape index (κ3) is 5.50. The first-order valence-electron chi connectivity index (χ1n) is 8.48. The predicted molar refractivity (Wildman–Crippen MR) is 105 cm³/mol. The molecule has 1 unspecified atom stereocenters. The van der Waals surface area contributed by atoms with Gasteiger partial charge in [0, 0.05) is 23.9 Å². The van der Waals surface area contributed by atoms with Gasteiger partial charge in [0.1, 0.15) is 17.4 Å². The minimum Gasteiger partial charge on any atom is -0.496 e. The van der Waals surface area contributed by atoms with Crippen LogP contribution in [0.25, 0.3) is 11.0 Å². The van der Waals surface area contributed by atoms with Crippen molar-refractivity contribution in [1.82, 2.24) is 5.32 Å². The molecule has 1 amide bonds. The molecule has 1 atom stereocenters. The van der Waals surface area contributed by atoms with E-state index in [-0.39, 0.29) is 12.3 Å². The summed E-state index contributed by atoms with van der Waals surface area (Å²) in [6, 6.07) is 3.99. The van der Waals surface area contributed by atoms with Gasteiger partial charge in [-0.25, -0.2) is 9.59 Å². The number of methoxy groups -OCH3 is 1. The maximum atomic E-state index is 12.2. The second-order valence-corrected chi connectivity index (χ2v) is 7.13. The van der Waals surface area contributed by atoms with Gasteiger partial charge in [-0.1, -0.05) is 0 Å². The summed E-state index contributed by atoms with van der Waals surface area (Å²) in [6.45, 7) is 1.81. The summed E-state index contributed by atoms with van der Waals surface area (Å²) < 4.78 is 10.5. The second kappa shape index (κ2) is 9.45. The molecule has 0 saturated carbocycles. The fourth-order valence-electron chi connectivity index (χ4n) is 2.78. The number of hydrogen-bond donors (Lipinski definition) is 2. The van der Waals surface area contributed by atoms with Crippen LogP contribution in [0.5, 0.6) is 5.75 Å². The van der Waals surface area contributed by atoms with E-state index in [1.807, 2.05) is 19.2 Å². The quantitative estimate of drug-likeness (QED) is 0.630. The van der Waals surface area contributed by atoms with Gasteiger partial charge in [-0.2, -0.15) is 11.8 Å². The van der Waals surface area contributed by atoms with Crippen LogP contribution in [0.2, 0.25) is 0 Å². The first kappa shape index (κ1) is 20.8. The number of benzene rings is 1. The summed E-state index contributed by atoms with van der Waals surface area (Å²) in [4.78, 5) is 35.0. The molecule has 2 N–H and O–H groups in total. The van der Waals surface area contributed by atoms with Gasteiger partial charge in [0.2, 0.25) is 5.91 Å². The number of carbonyl (C=O) groups excluding carboxylic acids is 1. The number of rotatable bonds is 9. The Morgan fingerprint density at radius 3 is 2.70 bits per heavy atom. The maximum Gasteiger partial charge on any atom is 0.336 e. The first-order chi connectivity index (χ1) is 12.8. The number of carboxylic acids is 1. The highest BCUT2D eigenvalue weighted by Gasteiger charge is 2.19. The average Bonchev–Trinajstić information content (AvgIpc) is 2.62. The van der Waals surface area contributed by atoms with Crippen LogP contribution in [0, 0.1) is 6.92 Å². The minimum atomic E-state index is -1.04. The molecule has 0 spiro atoms. The van der Waals surface area contributed by atoms with Crippen molar-refractivity contribution in [3.63, 3.8) is 0 Å². The van der Waals surface area contributed by atoms with Crippen LogP contribution >= 0.6 is 11.8 Å². The Labute approximate surface area is 161 Å². The largest absolute Gasteiger partial charge is 0.496 e. The molecule has 0 bridgehead atoms. The number of carboxylic acid groups (broad SMARTS) is 1. The van der Waals surface area contributed by atoms with Crippen LogP contribution in [-0.2, 0) is 16.0 Å². The summed E-state index contributed by atoms with van der Waals surface area (Å²) in [7, 11) is 1.50. The monoisotopic (exact) mass is 393 g/mol. The van der Waals surface area contributed by atoms with E-state index >= 15 is 0 Å². The smallest absolute Gasteiger partial charge is 0.336 e. The third-order valence-electron chi connectivity index (χ3n) is 4.22. The van der Waals surface area contributed by atoms with Crippen LogP contribution in [-0.4, -0.2) is 42.1 Å². The van der Waals surface area contributed by atoms with E-state index in [9.17, 15) is 19.5 Å². The Balaban J connectivity index is 2.14. The molecule has 7 nitrogen and oxygen atoms in total. The fraction of sp³-hybridized carbons (Fsp3) is 0.421. The molecular weight excluding hydrogens is 370 g/mol. The van der Waals surface area contributed by atoms with Gasteiger partial charge in [0.05, 0.1) is 7.11 Å². The summed E-state index contributed by atoms with van der Waals surface area (Å²) in [5.74, 6) is -0.199. The molecule has 1 aromatic carbocycles. The second-order valence-electron chi connectivity index (χ2n) is 6.15. The van der Waals surface area contributed by atoms with Crippen LogP contribution in [0.15, 0.2) is 27.4 Å². The normalized spacial score (nSPS) is 12.0. The molecule has 0 saturated heterocycles. The van der Waals surface area contributed by atoms with E-state index in [2.05, 4.69) is 5.32 Å². The van der Waals surface area contributed by atoms with E-state index in [1.54, 1.807) is 6.07 Å². The number of amides is 1. The zero-order valence-electron chi connectivity index (χ0n) is 15.5. The van der Waals surface area contributed by atoms with Gasteiger partial charge < -0.3 is 19.6 Å². The average molecular weight is 393 g/mol. The zero-order chi connectivity index (χ0) is 20.0. The van der Waals surface area contributed by atoms with Crippen molar-refractivity contribution in [3.8, 4) is 5.75 Å². The summed E-state index contributed by atoms with van der Waals surface area (Å²) in [6.07, 6.45) is 2.76. The fourth-order valence-corrected chi connectivity index (χ4v) is 3.26. The third-order valence-corrected chi connectivity index (χ3v) is 4.86. The van der Waals surface area contributed by atoms with Crippen molar-refractivity contribution in [2.45, 2.75) is 32.2 Å². The summed E-state index contributed by atoms with van der Waals surface area (Å²) >= 11 is 1.53. The number of ether oxygens (including phenoxy) is 1. The van der Waals surface area contributed by atoms with E-state index in [1.165, 1.54) is 24.9 Å². The Hall–Kier alpha value is -2.48. The number of hydrogen-bond acceptors (Lipinski definition) is 6. The number of nitrogens with one attached hydrogen (secondary N) is 1. The number of thioether (sulfide) groups is 1. The van der Waals surface area contributed by atoms with Crippen LogP contribution in [0.4, 0.5) is 0 Å². The van der Waals surface area contributed by atoms with Crippen LogP contribution in [0.1, 0.15) is 24.0 Å². The summed E-state index contributed by atoms with van der Waals surface area (Å²) in [5.41, 5.74) is 1.55. The van der Waals surface area contributed by atoms with Crippen molar-refractivity contribution in [1.29, 1.82) is 0 Å². The van der Waals surface area contributed by atoms with Gasteiger partial charge in [0.15, 0.2) is 0 Å². The molecule has 8 heteroatoms. The standard InChI is InChI=1S/C19H23NO6S/c1-11-8-18(22)26-16-10-15(25-2)12(9-13(11)16)4-5-17(21)20-14(19(23)24)6-7-27-3/h8-10,14H,4-7H2,1-3H3,(H,20,21)(H,23,24). The number of carbonyl (C=O) groups is 2. The van der Waals surface area contributed by atoms with Crippen molar-refractivity contribution in [2.75, 3.05) is 19.1 Å². The molecule has 0 aliphatic carbocycles. The van der Waals surface area contributed by atoms with Crippen molar-refractivity contribution in [2.24, 2.45) is 0 Å². The van der Waals surface area contributed by atoms with E-state index in [0.29, 0.717) is 29.9 Å². The highest BCUT2D eigenvalue weighted by molar-refractivity contribution is 7.98. The SMILES string of the molecule is COc1cc2oc(=O)cc(C)c2cc1CCC(=O)NC(CCSC)C(=O)O. The lowest BCUT2D eigenvalue weighted by molar-refractivity contribution is -0.141. The highest BCUT2D eigenvalue weighted by Crippen LogP contribution is 2.28. The molecule has 0 aliphatic heterocycles. The van der Waals surface area contributed by atoms with Gasteiger partial charge in [-0.3, -0.25) is 4.79 Å². The minimum absolute atomic E-state index is 0.126. The first-order valence-corrected chi connectivity index (χ1v) is 9.87. The predicted octanol–water partition coefficient (Wildman–Crippen LogP) is 2.37. The molecule has 1 heterocycles. The van der Waals surface area contributed by atoms with Crippen molar-refractivity contribution < 1.29 is 23.8 Å². The lowest BCUT2D eigenvalue weighted by Crippen LogP contribution is -2.41. The van der Waals surface area contributed by atoms with E-state index in [4.69, 9.17) is 9.15 Å².